The molecule has 626 valence electrons. The van der Waals surface area contributed by atoms with Crippen LogP contribution in [0.4, 0.5) is 0 Å². The molecular weight excluding hydrogens is 1680 g/mol. The van der Waals surface area contributed by atoms with E-state index in [1.54, 1.807) is 0 Å². The van der Waals surface area contributed by atoms with Gasteiger partial charge in [-0.05, 0) is 195 Å². The van der Waals surface area contributed by atoms with Crippen LogP contribution in [0.2, 0.25) is 0 Å². The van der Waals surface area contributed by atoms with E-state index in [0.29, 0.717) is 0 Å². The standard InChI is InChI=1S/2C34H23OP.C30H21OP.C26H19OP/c35-36(30-12-3-1-4-13-30,31-14-5-2-6-15-31)32-16-8-11-26(23-32)29-21-27-19-17-24-9-7-10-25-18-20-28(22-29)34(27)33(24)25;35-36(30-10-3-1-4-11-30,31-12-5-2-6-13-31)32-20-18-24(19-21-32)29-22-27-16-14-25-8-7-9-26-15-17-28(23-29)34(27)33(25)26;31-32(26-11-2-1-3-12-26,27-17-16-22-8-4-5-10-24(22)20-27)28-18-19-30-25(21-28)15-14-23-9-6-7-13-29(23)30;27-28(24-12-2-1-3-13-24,25-16-14-20-8-4-6-10-22(20)18-25)26-17-15-21-9-5-7-11-23(21)19-26/h2*1-23H;1-21H;1-19H. The molecule has 132 heavy (non-hydrogen) atoms. The Balaban J connectivity index is 0.000000103. The Bertz CT molecular complexity index is 8540. The summed E-state index contributed by atoms with van der Waals surface area (Å²) < 4.78 is 59.2. The van der Waals surface area contributed by atoms with Gasteiger partial charge in [0.05, 0.1) is 0 Å². The molecule has 0 aliphatic carbocycles. The van der Waals surface area contributed by atoms with Crippen LogP contribution in [0.3, 0.4) is 0 Å². The third-order valence-electron chi connectivity index (χ3n) is 26.1. The molecule has 1 atom stereocenters. The summed E-state index contributed by atoms with van der Waals surface area (Å²) in [7, 11) is -12.0. The van der Waals surface area contributed by atoms with Gasteiger partial charge in [0, 0.05) is 63.7 Å². The van der Waals surface area contributed by atoms with Crippen molar-refractivity contribution in [2.75, 3.05) is 0 Å². The molecule has 0 aliphatic rings. The second-order valence-corrected chi connectivity index (χ2v) is 44.9. The first-order valence-electron chi connectivity index (χ1n) is 44.6. The lowest BCUT2D eigenvalue weighted by Crippen LogP contribution is -2.25. The van der Waals surface area contributed by atoms with E-state index in [0.717, 1.165) is 118 Å². The van der Waals surface area contributed by atoms with Crippen LogP contribution >= 0.6 is 28.6 Å². The highest BCUT2D eigenvalue weighted by molar-refractivity contribution is 7.86. The fraction of sp³-hybridized carbons (Fsp3) is 0. The summed E-state index contributed by atoms with van der Waals surface area (Å²) in [5.74, 6) is 0. The minimum atomic E-state index is -3.05. The van der Waals surface area contributed by atoms with Crippen molar-refractivity contribution < 1.29 is 18.3 Å². The first-order valence-corrected chi connectivity index (χ1v) is 51.5. The maximum Gasteiger partial charge on any atom is 0.171 e. The Morgan fingerprint density at radius 2 is 0.318 bits per heavy atom. The maximum absolute atomic E-state index is 15.0. The minimum Gasteiger partial charge on any atom is -0.309 e. The molecule has 25 aromatic rings. The molecule has 0 bridgehead atoms. The largest absolute Gasteiger partial charge is 0.309 e. The van der Waals surface area contributed by atoms with E-state index in [1.165, 1.54) is 86.4 Å². The maximum atomic E-state index is 15.0. The minimum absolute atomic E-state index is 0.848. The van der Waals surface area contributed by atoms with Gasteiger partial charge in [-0.25, -0.2) is 0 Å². The van der Waals surface area contributed by atoms with Crippen molar-refractivity contribution in [3.63, 3.8) is 0 Å². The van der Waals surface area contributed by atoms with Crippen molar-refractivity contribution in [1.29, 1.82) is 0 Å². The summed E-state index contributed by atoms with van der Waals surface area (Å²) in [5, 5.41) is 37.1. The van der Waals surface area contributed by atoms with Gasteiger partial charge in [-0.3, -0.25) is 0 Å². The Hall–Kier alpha value is -15.2. The van der Waals surface area contributed by atoms with E-state index >= 15 is 0 Å². The average Bonchev–Trinajstić information content (AvgIpc) is 0.747. The van der Waals surface area contributed by atoms with E-state index in [2.05, 4.69) is 261 Å². The van der Waals surface area contributed by atoms with Gasteiger partial charge in [-0.1, -0.05) is 467 Å². The third-order valence-corrected chi connectivity index (χ3v) is 38.3. The summed E-state index contributed by atoms with van der Waals surface area (Å²) in [6.45, 7) is 0. The molecule has 25 aromatic carbocycles. The summed E-state index contributed by atoms with van der Waals surface area (Å²) in [4.78, 5) is 0. The Kier molecular flexibility index (Phi) is 21.9. The fourth-order valence-corrected chi connectivity index (χ4v) is 30.3. The van der Waals surface area contributed by atoms with Gasteiger partial charge >= 0.3 is 0 Å². The molecule has 1 unspecified atom stereocenters. The number of hydrogen-bond donors (Lipinski definition) is 0. The number of fused-ring (bicyclic) bond motifs is 6. The van der Waals surface area contributed by atoms with Crippen LogP contribution in [0.1, 0.15) is 0 Å². The highest BCUT2D eigenvalue weighted by Gasteiger charge is 2.35. The van der Waals surface area contributed by atoms with Gasteiger partial charge < -0.3 is 18.3 Å². The van der Waals surface area contributed by atoms with Crippen molar-refractivity contribution in [2.24, 2.45) is 0 Å². The van der Waals surface area contributed by atoms with E-state index in [-0.39, 0.29) is 0 Å². The van der Waals surface area contributed by atoms with E-state index in [4.69, 9.17) is 0 Å². The van der Waals surface area contributed by atoms with Crippen LogP contribution in [0.15, 0.2) is 522 Å². The third kappa shape index (κ3) is 15.1. The molecule has 0 fully saturated rings. The highest BCUT2D eigenvalue weighted by Crippen LogP contribution is 2.49. The summed E-state index contributed by atoms with van der Waals surface area (Å²) in [6, 6.07) is 178. The Morgan fingerprint density at radius 1 is 0.106 bits per heavy atom. The van der Waals surface area contributed by atoms with Gasteiger partial charge in [-0.2, -0.15) is 0 Å². The molecule has 0 N–H and O–H groups in total. The Morgan fingerprint density at radius 3 is 0.689 bits per heavy atom. The molecule has 25 rings (SSSR count). The predicted octanol–water partition coefficient (Wildman–Crippen LogP) is 28.2. The fourth-order valence-electron chi connectivity index (χ4n) is 19.5. The van der Waals surface area contributed by atoms with Gasteiger partial charge in [0.15, 0.2) is 28.6 Å². The molecule has 0 saturated heterocycles. The van der Waals surface area contributed by atoms with Gasteiger partial charge in [0.25, 0.3) is 0 Å². The molecule has 0 aliphatic heterocycles. The van der Waals surface area contributed by atoms with Crippen molar-refractivity contribution >= 4 is 211 Å². The van der Waals surface area contributed by atoms with Crippen molar-refractivity contribution in [2.45, 2.75) is 0 Å². The van der Waals surface area contributed by atoms with Crippen LogP contribution in [-0.4, -0.2) is 0 Å². The number of hydrogen-bond acceptors (Lipinski definition) is 4. The summed E-state index contributed by atoms with van der Waals surface area (Å²) >= 11 is 0. The second-order valence-electron chi connectivity index (χ2n) is 33.8. The molecular formula is C124H86O4P4. The first-order chi connectivity index (χ1) is 64.9. The molecule has 0 heterocycles. The van der Waals surface area contributed by atoms with Crippen LogP contribution in [0.5, 0.6) is 0 Å². The average molecular weight is 1760 g/mol. The van der Waals surface area contributed by atoms with E-state index < -0.39 is 28.6 Å². The van der Waals surface area contributed by atoms with E-state index in [9.17, 15) is 18.3 Å². The number of rotatable bonds is 14. The van der Waals surface area contributed by atoms with Gasteiger partial charge in [-0.15, -0.1) is 0 Å². The molecule has 0 radical (unpaired) electrons. The van der Waals surface area contributed by atoms with E-state index in [1.807, 2.05) is 261 Å². The first kappa shape index (κ1) is 82.5. The molecule has 0 aromatic heterocycles. The van der Waals surface area contributed by atoms with Crippen LogP contribution in [0.25, 0.3) is 141 Å². The predicted molar refractivity (Wildman–Crippen MR) is 569 cm³/mol. The smallest absolute Gasteiger partial charge is 0.171 e. The lowest BCUT2D eigenvalue weighted by molar-refractivity contribution is 0.591. The van der Waals surface area contributed by atoms with Crippen LogP contribution in [-0.2, 0) is 18.3 Å². The zero-order chi connectivity index (χ0) is 88.8. The molecule has 0 saturated carbocycles. The van der Waals surface area contributed by atoms with Crippen molar-refractivity contribution in [3.05, 3.63) is 522 Å². The quantitative estimate of drug-likeness (QED) is 0.0804. The highest BCUT2D eigenvalue weighted by atomic mass is 31.2. The second kappa shape index (κ2) is 35.0. The number of benzene rings is 25. The Labute approximate surface area is 767 Å². The zero-order valence-corrected chi connectivity index (χ0v) is 75.7. The van der Waals surface area contributed by atoms with Crippen LogP contribution < -0.4 is 63.7 Å². The zero-order valence-electron chi connectivity index (χ0n) is 72.1. The topological polar surface area (TPSA) is 68.3 Å². The summed E-state index contributed by atoms with van der Waals surface area (Å²) in [5.41, 5.74) is 4.50. The van der Waals surface area contributed by atoms with Crippen molar-refractivity contribution in [3.8, 4) is 22.3 Å². The van der Waals surface area contributed by atoms with Crippen LogP contribution in [0, 0.1) is 0 Å². The molecule has 8 heteroatoms. The van der Waals surface area contributed by atoms with Crippen molar-refractivity contribution in [1.82, 2.24) is 0 Å². The lowest BCUT2D eigenvalue weighted by Gasteiger charge is -2.21. The lowest BCUT2D eigenvalue weighted by atomic mass is 9.91. The SMILES string of the molecule is O=P(c1ccccc1)(c1ccc2ccccc2c1)c1ccc2c(ccc3ccccc32)c1.O=P(c1ccccc1)(c1ccc2ccccc2c1)c1ccc2ccccc2c1.O=P(c1ccccc1)(c1ccccc1)c1ccc(-c2cc3ccc4cccc5ccc(c2)c3c45)cc1.O=P(c1ccccc1)(c1ccccc1)c1cccc(-c2cc3ccc4cccc5ccc(c2)c3c45)c1. The normalized spacial score (nSPS) is 12.3. The van der Waals surface area contributed by atoms with Gasteiger partial charge in [0.2, 0.25) is 0 Å². The molecule has 0 spiro atoms. The summed E-state index contributed by atoms with van der Waals surface area (Å²) in [6.07, 6.45) is 0. The monoisotopic (exact) mass is 1760 g/mol. The molecule has 4 nitrogen and oxygen atoms in total. The molecule has 0 amide bonds. The van der Waals surface area contributed by atoms with Gasteiger partial charge in [0.1, 0.15) is 0 Å².